The summed E-state index contributed by atoms with van der Waals surface area (Å²) in [6.07, 6.45) is 5.56. The van der Waals surface area contributed by atoms with Crippen LogP contribution in [0.5, 0.6) is 0 Å². The first-order valence-electron chi connectivity index (χ1n) is 6.60. The van der Waals surface area contributed by atoms with E-state index >= 15 is 0 Å². The molecule has 1 fully saturated rings. The van der Waals surface area contributed by atoms with Crippen LogP contribution in [0.4, 0.5) is 0 Å². The number of ether oxygens (including phenoxy) is 1. The van der Waals surface area contributed by atoms with Gasteiger partial charge in [-0.25, -0.2) is 0 Å². The van der Waals surface area contributed by atoms with Crippen molar-refractivity contribution in [2.75, 3.05) is 6.54 Å². The molecule has 0 bridgehead atoms. The molecule has 0 spiro atoms. The van der Waals surface area contributed by atoms with Gasteiger partial charge in [0, 0.05) is 11.4 Å². The standard InChI is InChI=1S/C14H23NOS/c1-10-4-3-5-12(8-10)16-13(9-15)14-11(2)6-7-17-14/h6-7,10,12-13H,3-5,8-9,15H2,1-2H3. The van der Waals surface area contributed by atoms with E-state index in [9.17, 15) is 0 Å². The van der Waals surface area contributed by atoms with Crippen LogP contribution < -0.4 is 5.73 Å². The minimum Gasteiger partial charge on any atom is -0.368 e. The molecule has 1 saturated carbocycles. The minimum atomic E-state index is 0.102. The fourth-order valence-electron chi connectivity index (χ4n) is 2.67. The lowest BCUT2D eigenvalue weighted by Gasteiger charge is -2.30. The maximum atomic E-state index is 6.22. The van der Waals surface area contributed by atoms with E-state index in [2.05, 4.69) is 25.3 Å². The molecule has 1 heterocycles. The van der Waals surface area contributed by atoms with Crippen LogP contribution in [0.3, 0.4) is 0 Å². The van der Waals surface area contributed by atoms with Gasteiger partial charge in [0.1, 0.15) is 6.10 Å². The van der Waals surface area contributed by atoms with Gasteiger partial charge >= 0.3 is 0 Å². The molecular formula is C14H23NOS. The molecule has 1 aliphatic rings. The van der Waals surface area contributed by atoms with Gasteiger partial charge in [-0.2, -0.15) is 0 Å². The van der Waals surface area contributed by atoms with Crippen LogP contribution in [-0.2, 0) is 4.74 Å². The lowest BCUT2D eigenvalue weighted by atomic mass is 9.88. The van der Waals surface area contributed by atoms with Crippen molar-refractivity contribution in [1.82, 2.24) is 0 Å². The summed E-state index contributed by atoms with van der Waals surface area (Å²) >= 11 is 1.77. The number of hydrogen-bond acceptors (Lipinski definition) is 3. The second kappa shape index (κ2) is 5.98. The fraction of sp³-hybridized carbons (Fsp3) is 0.714. The molecule has 96 valence electrons. The third kappa shape index (κ3) is 3.30. The molecular weight excluding hydrogens is 230 g/mol. The van der Waals surface area contributed by atoms with Crippen molar-refractivity contribution in [3.8, 4) is 0 Å². The van der Waals surface area contributed by atoms with E-state index in [1.165, 1.54) is 36.1 Å². The molecule has 3 heteroatoms. The molecule has 1 aliphatic carbocycles. The fourth-order valence-corrected chi connectivity index (χ4v) is 3.65. The summed E-state index contributed by atoms with van der Waals surface area (Å²) in [5.41, 5.74) is 7.18. The second-order valence-electron chi connectivity index (χ2n) is 5.22. The summed E-state index contributed by atoms with van der Waals surface area (Å²) < 4.78 is 6.22. The Morgan fingerprint density at radius 2 is 2.35 bits per heavy atom. The zero-order valence-corrected chi connectivity index (χ0v) is 11.6. The van der Waals surface area contributed by atoms with E-state index in [0.717, 1.165) is 5.92 Å². The predicted molar refractivity (Wildman–Crippen MR) is 73.4 cm³/mol. The highest BCUT2D eigenvalue weighted by atomic mass is 32.1. The Morgan fingerprint density at radius 1 is 1.53 bits per heavy atom. The van der Waals surface area contributed by atoms with E-state index < -0.39 is 0 Å². The molecule has 0 aliphatic heterocycles. The van der Waals surface area contributed by atoms with Gasteiger partial charge in [0.15, 0.2) is 0 Å². The predicted octanol–water partition coefficient (Wildman–Crippen LogP) is 3.65. The van der Waals surface area contributed by atoms with Crippen LogP contribution >= 0.6 is 11.3 Å². The molecule has 0 aromatic carbocycles. The summed E-state index contributed by atoms with van der Waals surface area (Å²) in [5, 5.41) is 2.13. The number of thiophene rings is 1. The third-order valence-electron chi connectivity index (χ3n) is 3.65. The Hall–Kier alpha value is -0.380. The van der Waals surface area contributed by atoms with Gasteiger partial charge in [0.2, 0.25) is 0 Å². The molecule has 1 aromatic rings. The van der Waals surface area contributed by atoms with Gasteiger partial charge in [-0.05, 0) is 42.7 Å². The molecule has 2 nitrogen and oxygen atoms in total. The molecule has 2 rings (SSSR count). The Morgan fingerprint density at radius 3 is 2.94 bits per heavy atom. The van der Waals surface area contributed by atoms with Crippen LogP contribution in [0.25, 0.3) is 0 Å². The molecule has 0 amide bonds. The van der Waals surface area contributed by atoms with Crippen LogP contribution in [0.2, 0.25) is 0 Å². The number of hydrogen-bond donors (Lipinski definition) is 1. The van der Waals surface area contributed by atoms with Crippen LogP contribution in [0.15, 0.2) is 11.4 Å². The normalized spacial score (nSPS) is 27.0. The summed E-state index contributed by atoms with van der Waals surface area (Å²) in [5.74, 6) is 0.802. The Kier molecular flexibility index (Phi) is 4.60. The molecule has 3 atom stereocenters. The topological polar surface area (TPSA) is 35.2 Å². The van der Waals surface area contributed by atoms with E-state index in [1.807, 2.05) is 0 Å². The van der Waals surface area contributed by atoms with Crippen LogP contribution in [0, 0.1) is 12.8 Å². The van der Waals surface area contributed by atoms with Gasteiger partial charge < -0.3 is 10.5 Å². The van der Waals surface area contributed by atoms with Gasteiger partial charge in [-0.1, -0.05) is 19.8 Å². The lowest BCUT2D eigenvalue weighted by Crippen LogP contribution is -2.26. The molecule has 17 heavy (non-hydrogen) atoms. The Balaban J connectivity index is 1.98. The Bertz CT molecular complexity index is 350. The highest BCUT2D eigenvalue weighted by Crippen LogP contribution is 2.32. The summed E-state index contributed by atoms with van der Waals surface area (Å²) in [4.78, 5) is 1.31. The third-order valence-corrected chi connectivity index (χ3v) is 4.76. The van der Waals surface area contributed by atoms with Crippen LogP contribution in [-0.4, -0.2) is 12.6 Å². The molecule has 2 N–H and O–H groups in total. The quantitative estimate of drug-likeness (QED) is 0.889. The number of nitrogens with two attached hydrogens (primary N) is 1. The lowest BCUT2D eigenvalue weighted by molar-refractivity contribution is -0.0347. The Labute approximate surface area is 108 Å². The first kappa shape index (κ1) is 13.1. The largest absolute Gasteiger partial charge is 0.368 e. The molecule has 0 radical (unpaired) electrons. The first-order chi connectivity index (χ1) is 8.20. The van der Waals surface area contributed by atoms with Gasteiger partial charge in [-0.3, -0.25) is 0 Å². The first-order valence-corrected chi connectivity index (χ1v) is 7.48. The van der Waals surface area contributed by atoms with E-state index in [1.54, 1.807) is 11.3 Å². The zero-order chi connectivity index (χ0) is 12.3. The minimum absolute atomic E-state index is 0.102. The van der Waals surface area contributed by atoms with Crippen molar-refractivity contribution in [1.29, 1.82) is 0 Å². The van der Waals surface area contributed by atoms with E-state index in [-0.39, 0.29) is 6.10 Å². The molecule has 0 saturated heterocycles. The highest BCUT2D eigenvalue weighted by Gasteiger charge is 2.24. The van der Waals surface area contributed by atoms with Crippen LogP contribution in [0.1, 0.15) is 49.2 Å². The van der Waals surface area contributed by atoms with Gasteiger partial charge in [-0.15, -0.1) is 11.3 Å². The average Bonchev–Trinajstić information content (AvgIpc) is 2.72. The zero-order valence-electron chi connectivity index (χ0n) is 10.8. The SMILES string of the molecule is Cc1ccsc1C(CN)OC1CCCC(C)C1. The summed E-state index contributed by atoms with van der Waals surface area (Å²) in [6.45, 7) is 5.05. The number of rotatable bonds is 4. The van der Waals surface area contributed by atoms with E-state index in [0.29, 0.717) is 12.6 Å². The summed E-state index contributed by atoms with van der Waals surface area (Å²) in [7, 11) is 0. The van der Waals surface area contributed by atoms with E-state index in [4.69, 9.17) is 10.5 Å². The van der Waals surface area contributed by atoms with Crippen molar-refractivity contribution in [2.45, 2.75) is 51.7 Å². The second-order valence-corrected chi connectivity index (χ2v) is 6.17. The van der Waals surface area contributed by atoms with Gasteiger partial charge in [0.05, 0.1) is 6.10 Å². The highest BCUT2D eigenvalue weighted by molar-refractivity contribution is 7.10. The van der Waals surface area contributed by atoms with Gasteiger partial charge in [0.25, 0.3) is 0 Å². The van der Waals surface area contributed by atoms with Crippen molar-refractivity contribution in [2.24, 2.45) is 11.7 Å². The summed E-state index contributed by atoms with van der Waals surface area (Å²) in [6, 6.07) is 2.15. The number of aryl methyl sites for hydroxylation is 1. The molecule has 3 unspecified atom stereocenters. The smallest absolute Gasteiger partial charge is 0.104 e. The average molecular weight is 253 g/mol. The maximum absolute atomic E-state index is 6.22. The van der Waals surface area contributed by atoms with Crippen molar-refractivity contribution < 1.29 is 4.74 Å². The monoisotopic (exact) mass is 253 g/mol. The van der Waals surface area contributed by atoms with Crippen molar-refractivity contribution in [3.05, 3.63) is 21.9 Å². The maximum Gasteiger partial charge on any atom is 0.104 e. The molecule has 1 aromatic heterocycles. The van der Waals surface area contributed by atoms with Crippen molar-refractivity contribution >= 4 is 11.3 Å². The van der Waals surface area contributed by atoms with Crippen molar-refractivity contribution in [3.63, 3.8) is 0 Å².